The van der Waals surface area contributed by atoms with Gasteiger partial charge in [-0.15, -0.1) is 0 Å². The standard InChI is InChI=1S/C17H21N3/c1-2-18-13-15-9-12-19-16(20-15)17(10-6-11-17)14-7-4-3-5-8-14/h3-5,7-9,12,18H,2,6,10-11,13H2,1H3. The molecule has 104 valence electrons. The molecule has 20 heavy (non-hydrogen) atoms. The summed E-state index contributed by atoms with van der Waals surface area (Å²) in [7, 11) is 0. The first-order chi connectivity index (χ1) is 9.85. The van der Waals surface area contributed by atoms with Gasteiger partial charge in [0.1, 0.15) is 5.82 Å². The maximum Gasteiger partial charge on any atom is 0.139 e. The number of rotatable bonds is 5. The van der Waals surface area contributed by atoms with Gasteiger partial charge in [0.2, 0.25) is 0 Å². The molecule has 1 aliphatic rings. The van der Waals surface area contributed by atoms with Crippen molar-refractivity contribution in [3.8, 4) is 0 Å². The average Bonchev–Trinajstić information content (AvgIpc) is 2.46. The quantitative estimate of drug-likeness (QED) is 0.904. The van der Waals surface area contributed by atoms with E-state index in [2.05, 4.69) is 47.6 Å². The Morgan fingerprint density at radius 3 is 2.60 bits per heavy atom. The van der Waals surface area contributed by atoms with E-state index in [0.717, 1.165) is 37.4 Å². The topological polar surface area (TPSA) is 37.8 Å². The fourth-order valence-electron chi connectivity index (χ4n) is 2.91. The number of hydrogen-bond acceptors (Lipinski definition) is 3. The van der Waals surface area contributed by atoms with Crippen LogP contribution in [0, 0.1) is 0 Å². The van der Waals surface area contributed by atoms with Crippen LogP contribution in [-0.2, 0) is 12.0 Å². The molecule has 1 aliphatic carbocycles. The maximum atomic E-state index is 4.81. The highest BCUT2D eigenvalue weighted by atomic mass is 14.9. The molecule has 1 heterocycles. The monoisotopic (exact) mass is 267 g/mol. The zero-order chi connectivity index (χ0) is 13.8. The van der Waals surface area contributed by atoms with Gasteiger partial charge in [-0.2, -0.15) is 0 Å². The Labute approximate surface area is 120 Å². The number of nitrogens with zero attached hydrogens (tertiary/aromatic N) is 2. The Hall–Kier alpha value is -1.74. The van der Waals surface area contributed by atoms with Gasteiger partial charge in [-0.1, -0.05) is 43.7 Å². The van der Waals surface area contributed by atoms with Crippen LogP contribution in [0.25, 0.3) is 0 Å². The molecule has 0 radical (unpaired) electrons. The Kier molecular flexibility index (Phi) is 3.79. The molecule has 2 aromatic rings. The van der Waals surface area contributed by atoms with Crippen LogP contribution >= 0.6 is 0 Å². The third-order valence-electron chi connectivity index (χ3n) is 4.23. The molecule has 3 rings (SSSR count). The first kappa shape index (κ1) is 13.3. The fraction of sp³-hybridized carbons (Fsp3) is 0.412. The Morgan fingerprint density at radius 2 is 1.95 bits per heavy atom. The smallest absolute Gasteiger partial charge is 0.139 e. The summed E-state index contributed by atoms with van der Waals surface area (Å²) in [6.07, 6.45) is 5.47. The Balaban J connectivity index is 1.94. The summed E-state index contributed by atoms with van der Waals surface area (Å²) in [5.41, 5.74) is 2.48. The lowest BCUT2D eigenvalue weighted by molar-refractivity contribution is 0.284. The van der Waals surface area contributed by atoms with Gasteiger partial charge in [0.15, 0.2) is 0 Å². The summed E-state index contributed by atoms with van der Waals surface area (Å²) in [6.45, 7) is 3.89. The van der Waals surface area contributed by atoms with Crippen LogP contribution in [0.1, 0.15) is 43.3 Å². The lowest BCUT2D eigenvalue weighted by Crippen LogP contribution is -2.37. The van der Waals surface area contributed by atoms with Crippen LogP contribution in [-0.4, -0.2) is 16.5 Å². The summed E-state index contributed by atoms with van der Waals surface area (Å²) < 4.78 is 0. The van der Waals surface area contributed by atoms with Gasteiger partial charge in [-0.3, -0.25) is 0 Å². The molecule has 0 saturated heterocycles. The van der Waals surface area contributed by atoms with Gasteiger partial charge in [0.25, 0.3) is 0 Å². The van der Waals surface area contributed by atoms with E-state index in [1.165, 1.54) is 12.0 Å². The molecular formula is C17H21N3. The van der Waals surface area contributed by atoms with Crippen LogP contribution in [0.2, 0.25) is 0 Å². The predicted octanol–water partition coefficient (Wildman–Crippen LogP) is 3.06. The van der Waals surface area contributed by atoms with Gasteiger partial charge in [0, 0.05) is 12.7 Å². The molecular weight excluding hydrogens is 246 g/mol. The fourth-order valence-corrected chi connectivity index (χ4v) is 2.91. The van der Waals surface area contributed by atoms with Crippen LogP contribution < -0.4 is 5.32 Å². The average molecular weight is 267 g/mol. The normalized spacial score (nSPS) is 16.6. The molecule has 1 aromatic heterocycles. The van der Waals surface area contributed by atoms with Crippen molar-refractivity contribution in [3.05, 3.63) is 59.7 Å². The van der Waals surface area contributed by atoms with Crippen LogP contribution in [0.15, 0.2) is 42.6 Å². The number of hydrogen-bond donors (Lipinski definition) is 1. The molecule has 0 bridgehead atoms. The van der Waals surface area contributed by atoms with Gasteiger partial charge >= 0.3 is 0 Å². The number of benzene rings is 1. The molecule has 3 heteroatoms. The van der Waals surface area contributed by atoms with E-state index < -0.39 is 0 Å². The Bertz CT molecular complexity index is 561. The second-order valence-electron chi connectivity index (χ2n) is 5.45. The van der Waals surface area contributed by atoms with Crippen molar-refractivity contribution in [1.82, 2.24) is 15.3 Å². The van der Waals surface area contributed by atoms with Crippen LogP contribution in [0.5, 0.6) is 0 Å². The van der Waals surface area contributed by atoms with Crippen LogP contribution in [0.4, 0.5) is 0 Å². The van der Waals surface area contributed by atoms with E-state index in [1.54, 1.807) is 0 Å². The van der Waals surface area contributed by atoms with Crippen molar-refractivity contribution in [3.63, 3.8) is 0 Å². The predicted molar refractivity (Wildman–Crippen MR) is 80.5 cm³/mol. The van der Waals surface area contributed by atoms with E-state index in [1.807, 2.05) is 12.3 Å². The summed E-state index contributed by atoms with van der Waals surface area (Å²) in [5.74, 6) is 0.991. The summed E-state index contributed by atoms with van der Waals surface area (Å²) in [5, 5.41) is 3.33. The van der Waals surface area contributed by atoms with Gasteiger partial charge in [-0.05, 0) is 31.0 Å². The molecule has 1 N–H and O–H groups in total. The molecule has 0 spiro atoms. The van der Waals surface area contributed by atoms with Crippen molar-refractivity contribution in [2.75, 3.05) is 6.54 Å². The highest BCUT2D eigenvalue weighted by molar-refractivity contribution is 5.35. The molecule has 0 aliphatic heterocycles. The van der Waals surface area contributed by atoms with Crippen molar-refractivity contribution in [1.29, 1.82) is 0 Å². The van der Waals surface area contributed by atoms with Crippen molar-refractivity contribution in [2.24, 2.45) is 0 Å². The highest BCUT2D eigenvalue weighted by Gasteiger charge is 2.42. The highest BCUT2D eigenvalue weighted by Crippen LogP contribution is 2.47. The van der Waals surface area contributed by atoms with E-state index in [-0.39, 0.29) is 5.41 Å². The molecule has 0 amide bonds. The molecule has 1 fully saturated rings. The minimum absolute atomic E-state index is 0.0451. The Morgan fingerprint density at radius 1 is 1.15 bits per heavy atom. The minimum Gasteiger partial charge on any atom is -0.311 e. The molecule has 0 unspecified atom stereocenters. The van der Waals surface area contributed by atoms with E-state index >= 15 is 0 Å². The zero-order valence-electron chi connectivity index (χ0n) is 12.0. The lowest BCUT2D eigenvalue weighted by atomic mass is 9.64. The molecule has 1 saturated carbocycles. The van der Waals surface area contributed by atoms with E-state index in [0.29, 0.717) is 0 Å². The first-order valence-electron chi connectivity index (χ1n) is 7.44. The second-order valence-corrected chi connectivity index (χ2v) is 5.45. The van der Waals surface area contributed by atoms with Gasteiger partial charge in [0.05, 0.1) is 11.1 Å². The number of aromatic nitrogens is 2. The minimum atomic E-state index is 0.0451. The van der Waals surface area contributed by atoms with Gasteiger partial charge in [-0.25, -0.2) is 9.97 Å². The zero-order valence-corrected chi connectivity index (χ0v) is 12.0. The summed E-state index contributed by atoms with van der Waals surface area (Å²) in [4.78, 5) is 9.39. The van der Waals surface area contributed by atoms with Crippen molar-refractivity contribution in [2.45, 2.75) is 38.1 Å². The molecule has 3 nitrogen and oxygen atoms in total. The maximum absolute atomic E-state index is 4.81. The van der Waals surface area contributed by atoms with Gasteiger partial charge < -0.3 is 5.32 Å². The first-order valence-corrected chi connectivity index (χ1v) is 7.44. The van der Waals surface area contributed by atoms with E-state index in [4.69, 9.17) is 4.98 Å². The summed E-state index contributed by atoms with van der Waals surface area (Å²) in [6, 6.07) is 12.7. The van der Waals surface area contributed by atoms with Crippen LogP contribution in [0.3, 0.4) is 0 Å². The SMILES string of the molecule is CCNCc1ccnc(C2(c3ccccc3)CCC2)n1. The van der Waals surface area contributed by atoms with Crippen molar-refractivity contribution >= 4 is 0 Å². The largest absolute Gasteiger partial charge is 0.311 e. The van der Waals surface area contributed by atoms with E-state index in [9.17, 15) is 0 Å². The molecule has 1 aromatic carbocycles. The second kappa shape index (κ2) is 5.71. The molecule has 0 atom stereocenters. The third kappa shape index (κ3) is 2.34. The summed E-state index contributed by atoms with van der Waals surface area (Å²) >= 11 is 0. The third-order valence-corrected chi connectivity index (χ3v) is 4.23. The lowest BCUT2D eigenvalue weighted by Gasteiger charge is -2.41. The number of nitrogens with one attached hydrogen (secondary N) is 1. The van der Waals surface area contributed by atoms with Crippen molar-refractivity contribution < 1.29 is 0 Å².